The van der Waals surface area contributed by atoms with Crippen LogP contribution in [0.5, 0.6) is 0 Å². The van der Waals surface area contributed by atoms with Gasteiger partial charge in [0.15, 0.2) is 0 Å². The number of nitrogens with one attached hydrogen (secondary N) is 1. The molecule has 1 atom stereocenters. The third kappa shape index (κ3) is 8.33. The number of rotatable bonds is 12. The van der Waals surface area contributed by atoms with Gasteiger partial charge in [-0.05, 0) is 68.3 Å². The van der Waals surface area contributed by atoms with Gasteiger partial charge in [-0.2, -0.15) is 0 Å². The van der Waals surface area contributed by atoms with E-state index in [2.05, 4.69) is 21.2 Å². The van der Waals surface area contributed by atoms with Crippen LogP contribution in [0.1, 0.15) is 29.2 Å². The molecular formula is C34H36BrN3O4S. The predicted molar refractivity (Wildman–Crippen MR) is 174 cm³/mol. The highest BCUT2D eigenvalue weighted by Crippen LogP contribution is 2.27. The molecule has 224 valence electrons. The molecular weight excluding hydrogens is 626 g/mol. The van der Waals surface area contributed by atoms with Crippen LogP contribution in [-0.4, -0.2) is 44.3 Å². The van der Waals surface area contributed by atoms with E-state index in [1.165, 1.54) is 4.90 Å². The molecule has 43 heavy (non-hydrogen) atoms. The number of likely N-dealkylation sites (N-methyl/N-ethyl adjacent to an activating group) is 1. The summed E-state index contributed by atoms with van der Waals surface area (Å²) in [6.45, 7) is 5.70. The standard InChI is InChI=1S/C34H36BrN3O4S/c1-4-36-34(40)32(22-27-10-6-5-7-11-27)37(23-28-12-8-9-26(3)21-28)33(39)24-38(30-17-15-29(35)16-18-30)43(41,42)31-19-13-25(2)14-20-31/h5-21,32H,4,22-24H2,1-3H3,(H,36,40)/t32-/m0/s1. The van der Waals surface area contributed by atoms with Crippen LogP contribution < -0.4 is 9.62 Å². The molecule has 4 aromatic rings. The van der Waals surface area contributed by atoms with E-state index in [-0.39, 0.29) is 23.8 Å². The lowest BCUT2D eigenvalue weighted by Crippen LogP contribution is -2.53. The molecule has 4 aromatic carbocycles. The first-order valence-corrected chi connectivity index (χ1v) is 16.3. The van der Waals surface area contributed by atoms with Gasteiger partial charge >= 0.3 is 0 Å². The summed E-state index contributed by atoms with van der Waals surface area (Å²) in [4.78, 5) is 29.5. The Morgan fingerprint density at radius 3 is 2.09 bits per heavy atom. The van der Waals surface area contributed by atoms with Crippen molar-refractivity contribution in [3.8, 4) is 0 Å². The Kier molecular flexibility index (Phi) is 10.8. The molecule has 0 saturated carbocycles. The Morgan fingerprint density at radius 2 is 1.47 bits per heavy atom. The maximum Gasteiger partial charge on any atom is 0.264 e. The van der Waals surface area contributed by atoms with E-state index in [0.29, 0.717) is 12.2 Å². The van der Waals surface area contributed by atoms with E-state index in [1.54, 1.807) is 48.5 Å². The summed E-state index contributed by atoms with van der Waals surface area (Å²) in [5.41, 5.74) is 4.00. The second-order valence-electron chi connectivity index (χ2n) is 10.4. The van der Waals surface area contributed by atoms with Crippen molar-refractivity contribution in [1.82, 2.24) is 10.2 Å². The third-order valence-corrected chi connectivity index (χ3v) is 9.38. The number of sulfonamides is 1. The van der Waals surface area contributed by atoms with Gasteiger partial charge in [0.05, 0.1) is 10.6 Å². The van der Waals surface area contributed by atoms with E-state index in [0.717, 1.165) is 31.0 Å². The molecule has 0 fully saturated rings. The molecule has 0 aliphatic rings. The van der Waals surface area contributed by atoms with Gasteiger partial charge in [-0.3, -0.25) is 13.9 Å². The van der Waals surface area contributed by atoms with Crippen LogP contribution in [0.25, 0.3) is 0 Å². The first-order valence-electron chi connectivity index (χ1n) is 14.1. The van der Waals surface area contributed by atoms with Crippen LogP contribution in [0, 0.1) is 13.8 Å². The number of carbonyl (C=O) groups excluding carboxylic acids is 2. The fourth-order valence-corrected chi connectivity index (χ4v) is 6.51. The number of anilines is 1. The number of benzene rings is 4. The zero-order chi connectivity index (χ0) is 31.0. The Morgan fingerprint density at radius 1 is 0.814 bits per heavy atom. The molecule has 0 unspecified atom stereocenters. The van der Waals surface area contributed by atoms with Crippen molar-refractivity contribution in [1.29, 1.82) is 0 Å². The minimum Gasteiger partial charge on any atom is -0.355 e. The average molecular weight is 663 g/mol. The normalized spacial score (nSPS) is 11.9. The highest BCUT2D eigenvalue weighted by molar-refractivity contribution is 9.10. The van der Waals surface area contributed by atoms with Gasteiger partial charge in [0, 0.05) is 24.0 Å². The molecule has 0 heterocycles. The quantitative estimate of drug-likeness (QED) is 0.201. The Bertz CT molecular complexity index is 1640. The second kappa shape index (κ2) is 14.5. The molecule has 0 aromatic heterocycles. The topological polar surface area (TPSA) is 86.8 Å². The zero-order valence-electron chi connectivity index (χ0n) is 24.5. The van der Waals surface area contributed by atoms with Gasteiger partial charge in [0.2, 0.25) is 11.8 Å². The highest BCUT2D eigenvalue weighted by atomic mass is 79.9. The molecule has 9 heteroatoms. The van der Waals surface area contributed by atoms with Crippen LogP contribution in [0.3, 0.4) is 0 Å². The van der Waals surface area contributed by atoms with Crippen molar-refractivity contribution in [2.75, 3.05) is 17.4 Å². The molecule has 2 amide bonds. The van der Waals surface area contributed by atoms with Gasteiger partial charge in [-0.25, -0.2) is 8.42 Å². The minimum atomic E-state index is -4.14. The summed E-state index contributed by atoms with van der Waals surface area (Å²) in [6, 6.07) is 29.7. The monoisotopic (exact) mass is 661 g/mol. The van der Waals surface area contributed by atoms with Crippen molar-refractivity contribution in [3.05, 3.63) is 130 Å². The molecule has 4 rings (SSSR count). The first-order chi connectivity index (χ1) is 20.6. The van der Waals surface area contributed by atoms with E-state index < -0.39 is 28.5 Å². The molecule has 0 spiro atoms. The van der Waals surface area contributed by atoms with Gasteiger partial charge in [0.25, 0.3) is 10.0 Å². The first kappa shape index (κ1) is 32.0. The van der Waals surface area contributed by atoms with Crippen LogP contribution >= 0.6 is 15.9 Å². The lowest BCUT2D eigenvalue weighted by molar-refractivity contribution is -0.140. The molecule has 0 aliphatic heterocycles. The smallest absolute Gasteiger partial charge is 0.264 e. The Labute approximate surface area is 262 Å². The number of hydrogen-bond donors (Lipinski definition) is 1. The number of nitrogens with zero attached hydrogens (tertiary/aromatic N) is 2. The molecule has 0 aliphatic carbocycles. The molecule has 0 saturated heterocycles. The highest BCUT2D eigenvalue weighted by Gasteiger charge is 2.34. The van der Waals surface area contributed by atoms with E-state index in [9.17, 15) is 18.0 Å². The van der Waals surface area contributed by atoms with Crippen molar-refractivity contribution in [2.45, 2.75) is 44.7 Å². The molecule has 0 radical (unpaired) electrons. The fourth-order valence-electron chi connectivity index (χ4n) is 4.83. The summed E-state index contributed by atoms with van der Waals surface area (Å²) in [5.74, 6) is -0.795. The second-order valence-corrected chi connectivity index (χ2v) is 13.2. The zero-order valence-corrected chi connectivity index (χ0v) is 26.9. The van der Waals surface area contributed by atoms with Gasteiger partial charge in [0.1, 0.15) is 12.6 Å². The van der Waals surface area contributed by atoms with E-state index >= 15 is 0 Å². The minimum absolute atomic E-state index is 0.0728. The molecule has 1 N–H and O–H groups in total. The van der Waals surface area contributed by atoms with Crippen molar-refractivity contribution >= 4 is 43.5 Å². The number of halogens is 1. The van der Waals surface area contributed by atoms with Crippen molar-refractivity contribution < 1.29 is 18.0 Å². The largest absolute Gasteiger partial charge is 0.355 e. The summed E-state index contributed by atoms with van der Waals surface area (Å²) in [6.07, 6.45) is 0.271. The molecule has 0 bridgehead atoms. The van der Waals surface area contributed by atoms with Crippen molar-refractivity contribution in [3.63, 3.8) is 0 Å². The summed E-state index contributed by atoms with van der Waals surface area (Å²) in [7, 11) is -4.14. The van der Waals surface area contributed by atoms with E-state index in [4.69, 9.17) is 0 Å². The van der Waals surface area contributed by atoms with Gasteiger partial charge in [-0.1, -0.05) is 93.8 Å². The number of amides is 2. The van der Waals surface area contributed by atoms with Gasteiger partial charge in [-0.15, -0.1) is 0 Å². The Balaban J connectivity index is 1.79. The van der Waals surface area contributed by atoms with Crippen LogP contribution in [0.4, 0.5) is 5.69 Å². The summed E-state index contributed by atoms with van der Waals surface area (Å²) < 4.78 is 30.0. The number of hydrogen-bond acceptors (Lipinski definition) is 4. The van der Waals surface area contributed by atoms with Crippen LogP contribution in [-0.2, 0) is 32.6 Å². The fraction of sp³-hybridized carbons (Fsp3) is 0.235. The maximum absolute atomic E-state index is 14.4. The SMILES string of the molecule is CCNC(=O)[C@H](Cc1ccccc1)N(Cc1cccc(C)c1)C(=O)CN(c1ccc(Br)cc1)S(=O)(=O)c1ccc(C)cc1. The van der Waals surface area contributed by atoms with Crippen LogP contribution in [0.2, 0.25) is 0 Å². The van der Waals surface area contributed by atoms with Crippen LogP contribution in [0.15, 0.2) is 112 Å². The lowest BCUT2D eigenvalue weighted by atomic mass is 10.0. The lowest BCUT2D eigenvalue weighted by Gasteiger charge is -2.34. The predicted octanol–water partition coefficient (Wildman–Crippen LogP) is 6.04. The Hall–Kier alpha value is -3.95. The third-order valence-electron chi connectivity index (χ3n) is 7.06. The van der Waals surface area contributed by atoms with Gasteiger partial charge < -0.3 is 10.2 Å². The maximum atomic E-state index is 14.4. The van der Waals surface area contributed by atoms with Crippen molar-refractivity contribution in [2.24, 2.45) is 0 Å². The average Bonchev–Trinajstić information content (AvgIpc) is 2.99. The van der Waals surface area contributed by atoms with E-state index in [1.807, 2.05) is 75.4 Å². The summed E-state index contributed by atoms with van der Waals surface area (Å²) in [5, 5.41) is 2.88. The molecule has 7 nitrogen and oxygen atoms in total. The summed E-state index contributed by atoms with van der Waals surface area (Å²) >= 11 is 3.41. The number of carbonyl (C=O) groups is 2. The number of aryl methyl sites for hydroxylation is 2.